The van der Waals surface area contributed by atoms with Crippen LogP contribution in [0.25, 0.3) is 5.70 Å². The molecule has 1 rings (SSSR count). The van der Waals surface area contributed by atoms with Gasteiger partial charge in [-0.1, -0.05) is 25.1 Å². The first-order chi connectivity index (χ1) is 7.11. The summed E-state index contributed by atoms with van der Waals surface area (Å²) in [5.41, 5.74) is 9.16. The maximum absolute atomic E-state index is 8.91. The van der Waals surface area contributed by atoms with Crippen LogP contribution in [0.5, 0.6) is 0 Å². The standard InChI is InChI=1S/C12H13BrN2/c1-3-9(7-14)12(15)10-6-4-5-8(2)11(10)13/h4-6H,3,15H2,1-2H3/b12-9-. The maximum atomic E-state index is 8.91. The number of hydrogen-bond acceptors (Lipinski definition) is 2. The first-order valence-electron chi connectivity index (χ1n) is 4.76. The topological polar surface area (TPSA) is 49.8 Å². The highest BCUT2D eigenvalue weighted by molar-refractivity contribution is 9.10. The molecule has 0 aliphatic carbocycles. The minimum atomic E-state index is 0.565. The summed E-state index contributed by atoms with van der Waals surface area (Å²) >= 11 is 3.48. The smallest absolute Gasteiger partial charge is 0.0968 e. The molecule has 0 spiro atoms. The lowest BCUT2D eigenvalue weighted by molar-refractivity contribution is 1.14. The minimum absolute atomic E-state index is 0.565. The summed E-state index contributed by atoms with van der Waals surface area (Å²) in [6.07, 6.45) is 0.655. The zero-order valence-corrected chi connectivity index (χ0v) is 10.4. The maximum Gasteiger partial charge on any atom is 0.0968 e. The van der Waals surface area contributed by atoms with Gasteiger partial charge in [-0.2, -0.15) is 5.26 Å². The van der Waals surface area contributed by atoms with Gasteiger partial charge in [-0.15, -0.1) is 0 Å². The first-order valence-corrected chi connectivity index (χ1v) is 5.55. The predicted octanol–water partition coefficient (Wildman–Crippen LogP) is 3.36. The number of nitriles is 1. The molecule has 2 nitrogen and oxygen atoms in total. The Morgan fingerprint density at radius 2 is 2.20 bits per heavy atom. The van der Waals surface area contributed by atoms with Crippen molar-refractivity contribution < 1.29 is 0 Å². The second-order valence-corrected chi connectivity index (χ2v) is 4.09. The zero-order chi connectivity index (χ0) is 11.4. The molecule has 3 heteroatoms. The molecule has 78 valence electrons. The average molecular weight is 265 g/mol. The summed E-state index contributed by atoms with van der Waals surface area (Å²) in [5, 5.41) is 8.91. The summed E-state index contributed by atoms with van der Waals surface area (Å²) in [5.74, 6) is 0. The molecule has 0 aliphatic rings. The second kappa shape index (κ2) is 4.99. The zero-order valence-electron chi connectivity index (χ0n) is 8.84. The monoisotopic (exact) mass is 264 g/mol. The highest BCUT2D eigenvalue weighted by atomic mass is 79.9. The van der Waals surface area contributed by atoms with E-state index in [0.29, 0.717) is 17.7 Å². The van der Waals surface area contributed by atoms with E-state index in [1.54, 1.807) is 0 Å². The highest BCUT2D eigenvalue weighted by Crippen LogP contribution is 2.27. The van der Waals surface area contributed by atoms with Crippen molar-refractivity contribution in [2.45, 2.75) is 20.3 Å². The normalized spacial score (nSPS) is 11.9. The van der Waals surface area contributed by atoms with Crippen LogP contribution in [0.2, 0.25) is 0 Å². The van der Waals surface area contributed by atoms with E-state index in [-0.39, 0.29) is 0 Å². The van der Waals surface area contributed by atoms with Crippen molar-refractivity contribution in [1.82, 2.24) is 0 Å². The van der Waals surface area contributed by atoms with E-state index in [0.717, 1.165) is 15.6 Å². The van der Waals surface area contributed by atoms with Crippen LogP contribution < -0.4 is 5.73 Å². The average Bonchev–Trinajstić information content (AvgIpc) is 2.23. The fraction of sp³-hybridized carbons (Fsp3) is 0.250. The molecule has 0 heterocycles. The molecular formula is C12H13BrN2. The van der Waals surface area contributed by atoms with Gasteiger partial charge in [0.1, 0.15) is 0 Å². The summed E-state index contributed by atoms with van der Waals surface area (Å²) in [6, 6.07) is 7.98. The van der Waals surface area contributed by atoms with E-state index in [2.05, 4.69) is 22.0 Å². The molecule has 2 N–H and O–H groups in total. The van der Waals surface area contributed by atoms with Crippen molar-refractivity contribution in [3.8, 4) is 6.07 Å². The van der Waals surface area contributed by atoms with Crippen molar-refractivity contribution in [3.63, 3.8) is 0 Å². The Balaban J connectivity index is 3.35. The Labute approximate surface area is 98.5 Å². The molecule has 0 bridgehead atoms. The number of halogens is 1. The Morgan fingerprint density at radius 3 is 2.73 bits per heavy atom. The SMILES string of the molecule is CC/C(C#N)=C(/N)c1cccc(C)c1Br. The molecule has 0 amide bonds. The van der Waals surface area contributed by atoms with Crippen LogP contribution in [0, 0.1) is 18.3 Å². The van der Waals surface area contributed by atoms with E-state index < -0.39 is 0 Å². The third kappa shape index (κ3) is 2.40. The highest BCUT2D eigenvalue weighted by Gasteiger charge is 2.08. The molecule has 0 radical (unpaired) electrons. The lowest BCUT2D eigenvalue weighted by atomic mass is 10.0. The van der Waals surface area contributed by atoms with Gasteiger partial charge < -0.3 is 5.73 Å². The number of nitrogens with two attached hydrogens (primary N) is 1. The van der Waals surface area contributed by atoms with Gasteiger partial charge in [0.15, 0.2) is 0 Å². The molecule has 1 aromatic rings. The number of allylic oxidation sites excluding steroid dienone is 1. The van der Waals surface area contributed by atoms with Gasteiger partial charge in [0.05, 0.1) is 17.3 Å². The summed E-state index contributed by atoms with van der Waals surface area (Å²) in [4.78, 5) is 0. The van der Waals surface area contributed by atoms with Crippen LogP contribution in [0.1, 0.15) is 24.5 Å². The first kappa shape index (κ1) is 11.8. The largest absolute Gasteiger partial charge is 0.397 e. The van der Waals surface area contributed by atoms with Gasteiger partial charge in [-0.3, -0.25) is 0 Å². The van der Waals surface area contributed by atoms with E-state index in [4.69, 9.17) is 11.0 Å². The Bertz CT molecular complexity index is 441. The van der Waals surface area contributed by atoms with Crippen LogP contribution in [0.15, 0.2) is 28.2 Å². The Kier molecular flexibility index (Phi) is 3.93. The van der Waals surface area contributed by atoms with Gasteiger partial charge >= 0.3 is 0 Å². The lowest BCUT2D eigenvalue weighted by Crippen LogP contribution is -2.02. The minimum Gasteiger partial charge on any atom is -0.397 e. The Morgan fingerprint density at radius 1 is 1.53 bits per heavy atom. The Hall–Kier alpha value is -1.27. The van der Waals surface area contributed by atoms with Crippen molar-refractivity contribution in [2.75, 3.05) is 0 Å². The van der Waals surface area contributed by atoms with Gasteiger partial charge in [0, 0.05) is 10.0 Å². The molecular weight excluding hydrogens is 252 g/mol. The molecule has 0 saturated carbocycles. The third-order valence-corrected chi connectivity index (χ3v) is 3.35. The van der Waals surface area contributed by atoms with E-state index in [9.17, 15) is 0 Å². The van der Waals surface area contributed by atoms with Gasteiger partial charge in [-0.05, 0) is 34.8 Å². The van der Waals surface area contributed by atoms with Gasteiger partial charge in [-0.25, -0.2) is 0 Å². The van der Waals surface area contributed by atoms with Crippen molar-refractivity contribution in [3.05, 3.63) is 39.4 Å². The molecule has 15 heavy (non-hydrogen) atoms. The van der Waals surface area contributed by atoms with Crippen LogP contribution in [-0.2, 0) is 0 Å². The quantitative estimate of drug-likeness (QED) is 0.833. The van der Waals surface area contributed by atoms with Crippen LogP contribution in [-0.4, -0.2) is 0 Å². The van der Waals surface area contributed by atoms with Gasteiger partial charge in [0.25, 0.3) is 0 Å². The third-order valence-electron chi connectivity index (χ3n) is 2.30. The molecule has 0 atom stereocenters. The number of hydrogen-bond donors (Lipinski definition) is 1. The van der Waals surface area contributed by atoms with Crippen molar-refractivity contribution in [2.24, 2.45) is 5.73 Å². The second-order valence-electron chi connectivity index (χ2n) is 3.29. The van der Waals surface area contributed by atoms with E-state index in [1.165, 1.54) is 0 Å². The summed E-state index contributed by atoms with van der Waals surface area (Å²) in [7, 11) is 0. The fourth-order valence-corrected chi connectivity index (χ4v) is 1.83. The predicted molar refractivity (Wildman–Crippen MR) is 65.9 cm³/mol. The van der Waals surface area contributed by atoms with Crippen LogP contribution in [0.3, 0.4) is 0 Å². The van der Waals surface area contributed by atoms with Crippen molar-refractivity contribution in [1.29, 1.82) is 5.26 Å². The number of aryl methyl sites for hydroxylation is 1. The summed E-state index contributed by atoms with van der Waals surface area (Å²) in [6.45, 7) is 3.92. The van der Waals surface area contributed by atoms with Crippen molar-refractivity contribution >= 4 is 21.6 Å². The van der Waals surface area contributed by atoms with Crippen LogP contribution in [0.4, 0.5) is 0 Å². The van der Waals surface area contributed by atoms with Crippen LogP contribution >= 0.6 is 15.9 Å². The lowest BCUT2D eigenvalue weighted by Gasteiger charge is -2.08. The molecule has 1 aromatic carbocycles. The van der Waals surface area contributed by atoms with E-state index in [1.807, 2.05) is 32.0 Å². The van der Waals surface area contributed by atoms with E-state index >= 15 is 0 Å². The van der Waals surface area contributed by atoms with Gasteiger partial charge in [0.2, 0.25) is 0 Å². The number of benzene rings is 1. The number of rotatable bonds is 2. The molecule has 0 aliphatic heterocycles. The molecule has 0 unspecified atom stereocenters. The molecule has 0 saturated heterocycles. The number of nitrogens with zero attached hydrogens (tertiary/aromatic N) is 1. The fourth-order valence-electron chi connectivity index (χ4n) is 1.35. The molecule has 0 aromatic heterocycles. The summed E-state index contributed by atoms with van der Waals surface area (Å²) < 4.78 is 0.962. The molecule has 0 fully saturated rings.